The maximum Gasteiger partial charge on any atom is 0.335 e. The first kappa shape index (κ1) is 13.4. The molecule has 0 atom stereocenters. The highest BCUT2D eigenvalue weighted by Gasteiger charge is 2.14. The van der Waals surface area contributed by atoms with Crippen LogP contribution >= 0.6 is 11.6 Å². The third-order valence-electron chi connectivity index (χ3n) is 2.67. The van der Waals surface area contributed by atoms with Crippen LogP contribution in [0.25, 0.3) is 11.1 Å². The minimum atomic E-state index is -1.07. The van der Waals surface area contributed by atoms with E-state index in [1.807, 2.05) is 0 Å². The van der Waals surface area contributed by atoms with Gasteiger partial charge in [0.2, 0.25) is 0 Å². The van der Waals surface area contributed by atoms with Gasteiger partial charge >= 0.3 is 5.97 Å². The zero-order valence-electron chi connectivity index (χ0n) is 9.98. The van der Waals surface area contributed by atoms with Crippen molar-refractivity contribution in [2.24, 2.45) is 0 Å². The Bertz CT molecular complexity index is 641. The molecule has 0 radical (unpaired) electrons. The molecule has 0 bridgehead atoms. The Hall–Kier alpha value is -2.07. The SMILES string of the molecule is COc1ccc(C(=O)O)cc1-c1cc(F)ccc1Cl. The Balaban J connectivity index is 2.68. The maximum absolute atomic E-state index is 13.3. The Morgan fingerprint density at radius 3 is 2.58 bits per heavy atom. The lowest BCUT2D eigenvalue weighted by Gasteiger charge is -2.11. The molecule has 2 aromatic carbocycles. The molecule has 0 aliphatic carbocycles. The van der Waals surface area contributed by atoms with Gasteiger partial charge in [0.25, 0.3) is 0 Å². The standard InChI is InChI=1S/C14H10ClFO3/c1-19-13-5-2-8(14(17)18)6-11(13)10-7-9(16)3-4-12(10)15/h2-7H,1H3,(H,17,18). The Morgan fingerprint density at radius 1 is 1.21 bits per heavy atom. The second-order valence-corrected chi connectivity index (χ2v) is 4.25. The van der Waals surface area contributed by atoms with Crippen LogP contribution in [0.15, 0.2) is 36.4 Å². The van der Waals surface area contributed by atoms with Crippen molar-refractivity contribution >= 4 is 17.6 Å². The van der Waals surface area contributed by atoms with Crippen molar-refractivity contribution in [1.29, 1.82) is 0 Å². The van der Waals surface area contributed by atoms with Gasteiger partial charge in [-0.1, -0.05) is 11.6 Å². The lowest BCUT2D eigenvalue weighted by molar-refractivity contribution is 0.0697. The van der Waals surface area contributed by atoms with E-state index in [0.29, 0.717) is 21.9 Å². The van der Waals surface area contributed by atoms with E-state index in [4.69, 9.17) is 21.4 Å². The predicted octanol–water partition coefficient (Wildman–Crippen LogP) is 3.85. The number of aromatic carboxylic acids is 1. The Morgan fingerprint density at radius 2 is 1.95 bits per heavy atom. The summed E-state index contributed by atoms with van der Waals surface area (Å²) in [7, 11) is 1.45. The van der Waals surface area contributed by atoms with Crippen LogP contribution in [0.3, 0.4) is 0 Å². The van der Waals surface area contributed by atoms with Crippen molar-refractivity contribution in [3.05, 3.63) is 52.8 Å². The molecule has 0 aromatic heterocycles. The summed E-state index contributed by atoms with van der Waals surface area (Å²) >= 11 is 6.02. The first-order valence-corrected chi connectivity index (χ1v) is 5.77. The van der Waals surface area contributed by atoms with Crippen LogP contribution in [0.5, 0.6) is 5.75 Å². The van der Waals surface area contributed by atoms with Crippen LogP contribution in [0.1, 0.15) is 10.4 Å². The molecule has 5 heteroatoms. The molecule has 0 amide bonds. The summed E-state index contributed by atoms with van der Waals surface area (Å²) in [4.78, 5) is 11.0. The zero-order chi connectivity index (χ0) is 14.0. The Labute approximate surface area is 114 Å². The molecule has 19 heavy (non-hydrogen) atoms. The summed E-state index contributed by atoms with van der Waals surface area (Å²) in [5.41, 5.74) is 0.907. The number of carbonyl (C=O) groups is 1. The fourth-order valence-corrected chi connectivity index (χ4v) is 1.97. The van der Waals surface area contributed by atoms with Crippen molar-refractivity contribution in [1.82, 2.24) is 0 Å². The topological polar surface area (TPSA) is 46.5 Å². The lowest BCUT2D eigenvalue weighted by atomic mass is 10.0. The van der Waals surface area contributed by atoms with Crippen molar-refractivity contribution < 1.29 is 19.0 Å². The smallest absolute Gasteiger partial charge is 0.335 e. The minimum absolute atomic E-state index is 0.0797. The summed E-state index contributed by atoms with van der Waals surface area (Å²) in [6, 6.07) is 8.23. The van der Waals surface area contributed by atoms with Crippen LogP contribution in [-0.2, 0) is 0 Å². The van der Waals surface area contributed by atoms with E-state index in [2.05, 4.69) is 0 Å². The van der Waals surface area contributed by atoms with E-state index in [0.717, 1.165) is 0 Å². The number of methoxy groups -OCH3 is 1. The second kappa shape index (κ2) is 5.28. The molecule has 0 unspecified atom stereocenters. The molecule has 0 saturated carbocycles. The average Bonchev–Trinajstić information content (AvgIpc) is 2.40. The maximum atomic E-state index is 13.3. The molecule has 1 N–H and O–H groups in total. The Kier molecular flexibility index (Phi) is 3.71. The number of ether oxygens (including phenoxy) is 1. The second-order valence-electron chi connectivity index (χ2n) is 3.84. The molecule has 3 nitrogen and oxygen atoms in total. The molecule has 0 aliphatic rings. The number of hydrogen-bond acceptors (Lipinski definition) is 2. The first-order chi connectivity index (χ1) is 9.02. The molecule has 0 fully saturated rings. The molecular formula is C14H10ClFO3. The van der Waals surface area contributed by atoms with E-state index >= 15 is 0 Å². The first-order valence-electron chi connectivity index (χ1n) is 5.39. The van der Waals surface area contributed by atoms with E-state index < -0.39 is 11.8 Å². The summed E-state index contributed by atoms with van der Waals surface area (Å²) in [6.45, 7) is 0. The highest BCUT2D eigenvalue weighted by molar-refractivity contribution is 6.33. The third-order valence-corrected chi connectivity index (χ3v) is 2.99. The van der Waals surface area contributed by atoms with E-state index in [1.165, 1.54) is 43.5 Å². The number of halogens is 2. The number of hydrogen-bond donors (Lipinski definition) is 1. The van der Waals surface area contributed by atoms with Crippen molar-refractivity contribution in [3.63, 3.8) is 0 Å². The molecule has 0 saturated heterocycles. The largest absolute Gasteiger partial charge is 0.496 e. The fraction of sp³-hybridized carbons (Fsp3) is 0.0714. The number of rotatable bonds is 3. The zero-order valence-corrected chi connectivity index (χ0v) is 10.7. The van der Waals surface area contributed by atoms with Gasteiger partial charge in [-0.15, -0.1) is 0 Å². The number of carboxylic acids is 1. The quantitative estimate of drug-likeness (QED) is 0.929. The van der Waals surface area contributed by atoms with Crippen molar-refractivity contribution in [2.75, 3.05) is 7.11 Å². The molecule has 98 valence electrons. The fourth-order valence-electron chi connectivity index (χ4n) is 1.76. The van der Waals surface area contributed by atoms with Gasteiger partial charge < -0.3 is 9.84 Å². The van der Waals surface area contributed by atoms with Gasteiger partial charge in [0, 0.05) is 16.1 Å². The highest BCUT2D eigenvalue weighted by Crippen LogP contribution is 2.35. The third kappa shape index (κ3) is 2.69. The molecular weight excluding hydrogens is 271 g/mol. The molecule has 2 aromatic rings. The highest BCUT2D eigenvalue weighted by atomic mass is 35.5. The van der Waals surface area contributed by atoms with Crippen LogP contribution in [-0.4, -0.2) is 18.2 Å². The van der Waals surface area contributed by atoms with Crippen LogP contribution in [0, 0.1) is 5.82 Å². The predicted molar refractivity (Wildman–Crippen MR) is 70.4 cm³/mol. The minimum Gasteiger partial charge on any atom is -0.496 e. The van der Waals surface area contributed by atoms with E-state index in [-0.39, 0.29) is 5.56 Å². The summed E-state index contributed by atoms with van der Waals surface area (Å²) in [5, 5.41) is 9.32. The van der Waals surface area contributed by atoms with Gasteiger partial charge in [-0.25, -0.2) is 9.18 Å². The summed E-state index contributed by atoms with van der Waals surface area (Å²) in [5.74, 6) is -1.10. The average molecular weight is 281 g/mol. The van der Waals surface area contributed by atoms with Crippen LogP contribution in [0.4, 0.5) is 4.39 Å². The van der Waals surface area contributed by atoms with Gasteiger partial charge in [-0.2, -0.15) is 0 Å². The monoisotopic (exact) mass is 280 g/mol. The van der Waals surface area contributed by atoms with Gasteiger partial charge in [-0.05, 0) is 36.4 Å². The lowest BCUT2D eigenvalue weighted by Crippen LogP contribution is -1.98. The van der Waals surface area contributed by atoms with Crippen molar-refractivity contribution in [3.8, 4) is 16.9 Å². The van der Waals surface area contributed by atoms with Gasteiger partial charge in [0.15, 0.2) is 0 Å². The molecule has 2 rings (SSSR count). The van der Waals surface area contributed by atoms with E-state index in [9.17, 15) is 9.18 Å². The normalized spacial score (nSPS) is 10.3. The van der Waals surface area contributed by atoms with Gasteiger partial charge in [0.1, 0.15) is 11.6 Å². The van der Waals surface area contributed by atoms with E-state index in [1.54, 1.807) is 0 Å². The van der Waals surface area contributed by atoms with Crippen molar-refractivity contribution in [2.45, 2.75) is 0 Å². The van der Waals surface area contributed by atoms with Crippen LogP contribution < -0.4 is 4.74 Å². The van der Waals surface area contributed by atoms with Gasteiger partial charge in [0.05, 0.1) is 12.7 Å². The van der Waals surface area contributed by atoms with Gasteiger partial charge in [-0.3, -0.25) is 0 Å². The number of benzene rings is 2. The summed E-state index contributed by atoms with van der Waals surface area (Å²) < 4.78 is 18.5. The molecule has 0 heterocycles. The molecule has 0 aliphatic heterocycles. The summed E-state index contributed by atoms with van der Waals surface area (Å²) in [6.07, 6.45) is 0. The number of carboxylic acid groups (broad SMARTS) is 1. The van der Waals surface area contributed by atoms with Crippen LogP contribution in [0.2, 0.25) is 5.02 Å². The molecule has 0 spiro atoms.